The predicted octanol–water partition coefficient (Wildman–Crippen LogP) is 5.20. The maximum Gasteiger partial charge on any atom is 0.0532 e. The SMILES string of the molecule is Clc1ccccc1C1CCc2cccc(Br)c2N1. The minimum absolute atomic E-state index is 0.296. The molecule has 1 nitrogen and oxygen atoms in total. The molecule has 0 radical (unpaired) electrons. The predicted molar refractivity (Wildman–Crippen MR) is 80.3 cm³/mol. The lowest BCUT2D eigenvalue weighted by atomic mass is 9.93. The zero-order valence-electron chi connectivity index (χ0n) is 9.79. The molecule has 1 unspecified atom stereocenters. The van der Waals surface area contributed by atoms with Crippen molar-refractivity contribution in [2.75, 3.05) is 5.32 Å². The number of para-hydroxylation sites is 1. The van der Waals surface area contributed by atoms with Crippen molar-refractivity contribution in [2.45, 2.75) is 18.9 Å². The molecule has 0 saturated carbocycles. The Kier molecular flexibility index (Phi) is 3.31. The molecule has 0 aromatic heterocycles. The van der Waals surface area contributed by atoms with Crippen molar-refractivity contribution >= 4 is 33.2 Å². The Morgan fingerprint density at radius 1 is 1.11 bits per heavy atom. The normalized spacial score (nSPS) is 18.0. The van der Waals surface area contributed by atoms with E-state index in [9.17, 15) is 0 Å². The van der Waals surface area contributed by atoms with Crippen LogP contribution >= 0.6 is 27.5 Å². The third-order valence-electron chi connectivity index (χ3n) is 3.40. The largest absolute Gasteiger partial charge is 0.377 e. The molecule has 2 aromatic carbocycles. The fourth-order valence-electron chi connectivity index (χ4n) is 2.48. The van der Waals surface area contributed by atoms with E-state index < -0.39 is 0 Å². The molecule has 3 rings (SSSR count). The average Bonchev–Trinajstić information content (AvgIpc) is 2.40. The molecule has 1 aliphatic rings. The number of hydrogen-bond acceptors (Lipinski definition) is 1. The molecule has 0 bridgehead atoms. The second kappa shape index (κ2) is 4.94. The number of halogens is 2. The van der Waals surface area contributed by atoms with Crippen molar-refractivity contribution in [3.8, 4) is 0 Å². The Hall–Kier alpha value is -0.990. The maximum atomic E-state index is 6.27. The standard InChI is InChI=1S/C15H13BrClN/c16-12-6-3-4-10-8-9-14(18-15(10)12)11-5-1-2-7-13(11)17/h1-7,14,18H,8-9H2. The van der Waals surface area contributed by atoms with Crippen LogP contribution in [0.15, 0.2) is 46.9 Å². The molecule has 0 spiro atoms. The molecule has 1 N–H and O–H groups in total. The quantitative estimate of drug-likeness (QED) is 0.760. The van der Waals surface area contributed by atoms with Crippen LogP contribution in [0.25, 0.3) is 0 Å². The highest BCUT2D eigenvalue weighted by Gasteiger charge is 2.21. The van der Waals surface area contributed by atoms with Crippen LogP contribution in [0.1, 0.15) is 23.6 Å². The van der Waals surface area contributed by atoms with Gasteiger partial charge in [-0.25, -0.2) is 0 Å². The maximum absolute atomic E-state index is 6.27. The average molecular weight is 323 g/mol. The van der Waals surface area contributed by atoms with Crippen molar-refractivity contribution in [1.82, 2.24) is 0 Å². The summed E-state index contributed by atoms with van der Waals surface area (Å²) in [4.78, 5) is 0. The molecule has 0 aliphatic carbocycles. The number of anilines is 1. The first-order valence-electron chi connectivity index (χ1n) is 6.04. The molecule has 1 heterocycles. The lowest BCUT2D eigenvalue weighted by molar-refractivity contribution is 0.667. The summed E-state index contributed by atoms with van der Waals surface area (Å²) in [5, 5.41) is 4.43. The second-order valence-corrected chi connectivity index (χ2v) is 5.79. The molecule has 1 atom stereocenters. The highest BCUT2D eigenvalue weighted by Crippen LogP contribution is 2.38. The number of aryl methyl sites for hydroxylation is 1. The van der Waals surface area contributed by atoms with Gasteiger partial charge in [0.1, 0.15) is 0 Å². The van der Waals surface area contributed by atoms with Crippen LogP contribution in [-0.2, 0) is 6.42 Å². The lowest BCUT2D eigenvalue weighted by Crippen LogP contribution is -2.18. The van der Waals surface area contributed by atoms with Gasteiger partial charge in [0.2, 0.25) is 0 Å². The third-order valence-corrected chi connectivity index (χ3v) is 4.41. The summed E-state index contributed by atoms with van der Waals surface area (Å²) in [5.41, 5.74) is 3.75. The van der Waals surface area contributed by atoms with E-state index in [1.54, 1.807) is 0 Å². The number of nitrogens with one attached hydrogen (secondary N) is 1. The van der Waals surface area contributed by atoms with E-state index in [1.165, 1.54) is 16.8 Å². The monoisotopic (exact) mass is 321 g/mol. The minimum Gasteiger partial charge on any atom is -0.377 e. The summed E-state index contributed by atoms with van der Waals surface area (Å²) in [7, 11) is 0. The van der Waals surface area contributed by atoms with Gasteiger partial charge >= 0.3 is 0 Å². The molecule has 3 heteroatoms. The first kappa shape index (κ1) is 12.1. The Balaban J connectivity index is 1.96. The van der Waals surface area contributed by atoms with Gasteiger partial charge in [-0.1, -0.05) is 41.9 Å². The first-order valence-corrected chi connectivity index (χ1v) is 7.21. The van der Waals surface area contributed by atoms with E-state index in [-0.39, 0.29) is 0 Å². The fraction of sp³-hybridized carbons (Fsp3) is 0.200. The first-order chi connectivity index (χ1) is 8.75. The Morgan fingerprint density at radius 3 is 2.78 bits per heavy atom. The zero-order chi connectivity index (χ0) is 12.5. The Morgan fingerprint density at radius 2 is 1.94 bits per heavy atom. The summed E-state index contributed by atoms with van der Waals surface area (Å²) in [5.74, 6) is 0. The highest BCUT2D eigenvalue weighted by atomic mass is 79.9. The number of fused-ring (bicyclic) bond motifs is 1. The molecule has 0 amide bonds. The van der Waals surface area contributed by atoms with Crippen molar-refractivity contribution in [3.63, 3.8) is 0 Å². The Labute approximate surface area is 120 Å². The molecule has 92 valence electrons. The van der Waals surface area contributed by atoms with Crippen molar-refractivity contribution in [2.24, 2.45) is 0 Å². The van der Waals surface area contributed by atoms with Crippen LogP contribution in [0.3, 0.4) is 0 Å². The Bertz CT molecular complexity index is 582. The molecular weight excluding hydrogens is 310 g/mol. The van der Waals surface area contributed by atoms with Gasteiger partial charge in [-0.15, -0.1) is 0 Å². The number of benzene rings is 2. The zero-order valence-corrected chi connectivity index (χ0v) is 12.1. The summed E-state index contributed by atoms with van der Waals surface area (Å²) in [6.07, 6.45) is 2.16. The summed E-state index contributed by atoms with van der Waals surface area (Å²) in [6, 6.07) is 14.7. The van der Waals surface area contributed by atoms with E-state index in [2.05, 4.69) is 45.5 Å². The van der Waals surface area contributed by atoms with E-state index >= 15 is 0 Å². The van der Waals surface area contributed by atoms with Crippen LogP contribution in [0.4, 0.5) is 5.69 Å². The van der Waals surface area contributed by atoms with Crippen molar-refractivity contribution in [3.05, 3.63) is 63.1 Å². The van der Waals surface area contributed by atoms with Gasteiger partial charge in [0, 0.05) is 9.50 Å². The van der Waals surface area contributed by atoms with Gasteiger partial charge in [0.05, 0.1) is 11.7 Å². The smallest absolute Gasteiger partial charge is 0.0532 e. The van der Waals surface area contributed by atoms with Gasteiger partial charge in [0.25, 0.3) is 0 Å². The van der Waals surface area contributed by atoms with Crippen LogP contribution < -0.4 is 5.32 Å². The minimum atomic E-state index is 0.296. The van der Waals surface area contributed by atoms with E-state index in [0.29, 0.717) is 6.04 Å². The molecule has 2 aromatic rings. The van der Waals surface area contributed by atoms with Crippen LogP contribution in [0.2, 0.25) is 5.02 Å². The van der Waals surface area contributed by atoms with E-state index in [1.807, 2.05) is 18.2 Å². The molecule has 1 aliphatic heterocycles. The van der Waals surface area contributed by atoms with Crippen LogP contribution in [-0.4, -0.2) is 0 Å². The van der Waals surface area contributed by atoms with Gasteiger partial charge in [0.15, 0.2) is 0 Å². The summed E-state index contributed by atoms with van der Waals surface area (Å²) in [6.45, 7) is 0. The van der Waals surface area contributed by atoms with Crippen LogP contribution in [0.5, 0.6) is 0 Å². The summed E-state index contributed by atoms with van der Waals surface area (Å²) < 4.78 is 1.12. The fourth-order valence-corrected chi connectivity index (χ4v) is 3.27. The van der Waals surface area contributed by atoms with Crippen molar-refractivity contribution < 1.29 is 0 Å². The van der Waals surface area contributed by atoms with Gasteiger partial charge < -0.3 is 5.32 Å². The molecule has 18 heavy (non-hydrogen) atoms. The van der Waals surface area contributed by atoms with E-state index in [0.717, 1.165) is 22.3 Å². The lowest BCUT2D eigenvalue weighted by Gasteiger charge is -2.28. The molecule has 0 fully saturated rings. The molecule has 0 saturated heterocycles. The van der Waals surface area contributed by atoms with Gasteiger partial charge in [-0.05, 0) is 52.0 Å². The third kappa shape index (κ3) is 2.15. The second-order valence-electron chi connectivity index (χ2n) is 4.53. The topological polar surface area (TPSA) is 12.0 Å². The van der Waals surface area contributed by atoms with Gasteiger partial charge in [-0.2, -0.15) is 0 Å². The molecular formula is C15H13BrClN. The number of hydrogen-bond donors (Lipinski definition) is 1. The van der Waals surface area contributed by atoms with Crippen molar-refractivity contribution in [1.29, 1.82) is 0 Å². The highest BCUT2D eigenvalue weighted by molar-refractivity contribution is 9.10. The van der Waals surface area contributed by atoms with E-state index in [4.69, 9.17) is 11.6 Å². The number of rotatable bonds is 1. The van der Waals surface area contributed by atoms with Gasteiger partial charge in [-0.3, -0.25) is 0 Å². The van der Waals surface area contributed by atoms with Crippen LogP contribution in [0, 0.1) is 0 Å². The summed E-state index contributed by atoms with van der Waals surface area (Å²) >= 11 is 9.88.